The van der Waals surface area contributed by atoms with E-state index in [2.05, 4.69) is 5.32 Å². The van der Waals surface area contributed by atoms with Crippen LogP contribution in [0, 0.1) is 0 Å². The summed E-state index contributed by atoms with van der Waals surface area (Å²) in [6, 6.07) is 4.92. The van der Waals surface area contributed by atoms with Gasteiger partial charge >= 0.3 is 0 Å². The lowest BCUT2D eigenvalue weighted by Gasteiger charge is -2.26. The average Bonchev–Trinajstić information content (AvgIpc) is 2.50. The van der Waals surface area contributed by atoms with Crippen molar-refractivity contribution in [3.63, 3.8) is 0 Å². The van der Waals surface area contributed by atoms with Crippen LogP contribution in [0.2, 0.25) is 0 Å². The Morgan fingerprint density at radius 3 is 2.78 bits per heavy atom. The highest BCUT2D eigenvalue weighted by molar-refractivity contribution is 7.95. The fourth-order valence-electron chi connectivity index (χ4n) is 2.27. The van der Waals surface area contributed by atoms with Crippen LogP contribution >= 0.6 is 0 Å². The van der Waals surface area contributed by atoms with Crippen molar-refractivity contribution >= 4 is 15.9 Å². The van der Waals surface area contributed by atoms with E-state index >= 15 is 0 Å². The fraction of sp³-hybridized carbons (Fsp3) is 0.385. The maximum absolute atomic E-state index is 12.2. The Hall–Kier alpha value is -1.33. The molecular formula is C13H15NO3S. The second kappa shape index (κ2) is 4.10. The van der Waals surface area contributed by atoms with Crippen LogP contribution in [0.3, 0.4) is 0 Å². The van der Waals surface area contributed by atoms with Gasteiger partial charge in [0, 0.05) is 12.6 Å². The third kappa shape index (κ3) is 1.83. The Morgan fingerprint density at radius 2 is 2.11 bits per heavy atom. The third-order valence-electron chi connectivity index (χ3n) is 3.62. The molecule has 5 heteroatoms. The Balaban J connectivity index is 1.85. The molecule has 0 unspecified atom stereocenters. The molecule has 1 aromatic rings. The van der Waals surface area contributed by atoms with Gasteiger partial charge in [-0.05, 0) is 42.7 Å². The minimum absolute atomic E-state index is 0.0149. The number of rotatable bonds is 3. The second-order valence-electron chi connectivity index (χ2n) is 4.84. The molecule has 96 valence electrons. The lowest BCUT2D eigenvalue weighted by atomic mass is 9.93. The fourth-order valence-corrected chi connectivity index (χ4v) is 3.82. The summed E-state index contributed by atoms with van der Waals surface area (Å²) in [5, 5.41) is 12.6. The van der Waals surface area contributed by atoms with E-state index in [9.17, 15) is 13.5 Å². The van der Waals surface area contributed by atoms with Crippen LogP contribution in [0.25, 0.3) is 6.08 Å². The highest BCUT2D eigenvalue weighted by atomic mass is 32.2. The zero-order valence-corrected chi connectivity index (χ0v) is 10.7. The van der Waals surface area contributed by atoms with E-state index in [1.165, 1.54) is 18.6 Å². The predicted octanol–water partition coefficient (Wildman–Crippen LogP) is 1.66. The van der Waals surface area contributed by atoms with Crippen LogP contribution in [0.4, 0.5) is 0 Å². The van der Waals surface area contributed by atoms with Gasteiger partial charge in [-0.25, -0.2) is 8.42 Å². The van der Waals surface area contributed by atoms with Crippen molar-refractivity contribution in [2.75, 3.05) is 6.54 Å². The monoisotopic (exact) mass is 265 g/mol. The Labute approximate surface area is 106 Å². The smallest absolute Gasteiger partial charge is 0.204 e. The van der Waals surface area contributed by atoms with Gasteiger partial charge in [0.2, 0.25) is 9.84 Å². The van der Waals surface area contributed by atoms with Gasteiger partial charge in [0.1, 0.15) is 5.75 Å². The molecule has 1 fully saturated rings. The van der Waals surface area contributed by atoms with Gasteiger partial charge in [0.05, 0.1) is 9.80 Å². The molecule has 0 aromatic heterocycles. The molecule has 1 heterocycles. The zero-order chi connectivity index (χ0) is 12.8. The van der Waals surface area contributed by atoms with E-state index in [0.717, 1.165) is 12.8 Å². The van der Waals surface area contributed by atoms with E-state index in [1.54, 1.807) is 12.1 Å². The topological polar surface area (TPSA) is 66.4 Å². The van der Waals surface area contributed by atoms with Gasteiger partial charge in [-0.15, -0.1) is 0 Å². The predicted molar refractivity (Wildman–Crippen MR) is 68.9 cm³/mol. The van der Waals surface area contributed by atoms with Crippen molar-refractivity contribution < 1.29 is 13.5 Å². The molecule has 1 saturated carbocycles. The zero-order valence-electron chi connectivity index (χ0n) is 9.89. The molecule has 18 heavy (non-hydrogen) atoms. The van der Waals surface area contributed by atoms with Crippen molar-refractivity contribution in [3.8, 4) is 5.75 Å². The molecular weight excluding hydrogens is 250 g/mol. The van der Waals surface area contributed by atoms with Gasteiger partial charge in [-0.3, -0.25) is 0 Å². The largest absolute Gasteiger partial charge is 0.508 e. The molecule has 2 N–H and O–H groups in total. The Kier molecular flexibility index (Phi) is 2.68. The first kappa shape index (κ1) is 11.7. The lowest BCUT2D eigenvalue weighted by Crippen LogP contribution is -2.36. The molecule has 0 atom stereocenters. The summed E-state index contributed by atoms with van der Waals surface area (Å²) in [6.07, 6.45) is 5.16. The molecule has 0 saturated heterocycles. The van der Waals surface area contributed by atoms with Crippen LogP contribution in [-0.4, -0.2) is 26.1 Å². The van der Waals surface area contributed by atoms with Gasteiger partial charge in [0.15, 0.2) is 0 Å². The highest BCUT2D eigenvalue weighted by Crippen LogP contribution is 2.34. The van der Waals surface area contributed by atoms with Crippen LogP contribution in [0.1, 0.15) is 24.8 Å². The Bertz CT molecular complexity index is 615. The molecule has 0 amide bonds. The highest BCUT2D eigenvalue weighted by Gasteiger charge is 2.30. The molecule has 0 radical (unpaired) electrons. The number of nitrogens with one attached hydrogen (secondary N) is 1. The molecule has 4 nitrogen and oxygen atoms in total. The number of benzene rings is 1. The quantitative estimate of drug-likeness (QED) is 0.872. The van der Waals surface area contributed by atoms with E-state index in [4.69, 9.17) is 0 Å². The molecule has 0 spiro atoms. The summed E-state index contributed by atoms with van der Waals surface area (Å²) in [4.78, 5) is 0.614. The number of hydrogen-bond acceptors (Lipinski definition) is 4. The number of aromatic hydroxyl groups is 1. The summed E-state index contributed by atoms with van der Waals surface area (Å²) >= 11 is 0. The van der Waals surface area contributed by atoms with E-state index in [-0.39, 0.29) is 10.6 Å². The maximum Gasteiger partial charge on any atom is 0.204 e. The number of phenolic OH excluding ortho intramolecular Hbond substituents is 1. The standard InChI is InChI=1S/C13H15NO3S/c15-11-5-4-9-6-12(8-14-10-2-1-3-10)18(16,17)13(9)7-11/h4-7,10,14-15H,1-3,8H2. The maximum atomic E-state index is 12.2. The van der Waals surface area contributed by atoms with Crippen LogP contribution in [0.15, 0.2) is 28.0 Å². The van der Waals surface area contributed by atoms with Gasteiger partial charge < -0.3 is 10.4 Å². The average molecular weight is 265 g/mol. The lowest BCUT2D eigenvalue weighted by molar-refractivity contribution is 0.351. The van der Waals surface area contributed by atoms with Crippen LogP contribution < -0.4 is 5.32 Å². The number of phenols is 1. The van der Waals surface area contributed by atoms with Crippen LogP contribution in [0.5, 0.6) is 5.75 Å². The molecule has 1 aliphatic heterocycles. The van der Waals surface area contributed by atoms with Crippen molar-refractivity contribution in [2.24, 2.45) is 0 Å². The Morgan fingerprint density at radius 1 is 1.33 bits per heavy atom. The van der Waals surface area contributed by atoms with Gasteiger partial charge in [-0.1, -0.05) is 6.42 Å². The number of sulfone groups is 1. The summed E-state index contributed by atoms with van der Waals surface area (Å²) in [7, 11) is -3.41. The first-order chi connectivity index (χ1) is 8.57. The summed E-state index contributed by atoms with van der Waals surface area (Å²) in [6.45, 7) is 0.377. The van der Waals surface area contributed by atoms with Crippen molar-refractivity contribution in [1.29, 1.82) is 0 Å². The van der Waals surface area contributed by atoms with Crippen LogP contribution in [-0.2, 0) is 9.84 Å². The first-order valence-electron chi connectivity index (χ1n) is 6.09. The summed E-state index contributed by atoms with van der Waals surface area (Å²) < 4.78 is 24.5. The normalized spacial score (nSPS) is 21.2. The second-order valence-corrected chi connectivity index (χ2v) is 6.82. The van der Waals surface area contributed by atoms with E-state index in [0.29, 0.717) is 23.1 Å². The molecule has 3 rings (SSSR count). The number of hydrogen-bond donors (Lipinski definition) is 2. The molecule has 0 bridgehead atoms. The van der Waals surface area contributed by atoms with E-state index in [1.807, 2.05) is 0 Å². The summed E-state index contributed by atoms with van der Waals surface area (Å²) in [5.41, 5.74) is 0.665. The minimum Gasteiger partial charge on any atom is -0.508 e. The van der Waals surface area contributed by atoms with Crippen molar-refractivity contribution in [1.82, 2.24) is 5.32 Å². The van der Waals surface area contributed by atoms with Crippen molar-refractivity contribution in [3.05, 3.63) is 28.7 Å². The minimum atomic E-state index is -3.41. The van der Waals surface area contributed by atoms with Gasteiger partial charge in [-0.2, -0.15) is 0 Å². The third-order valence-corrected chi connectivity index (χ3v) is 5.50. The summed E-state index contributed by atoms with van der Waals surface area (Å²) in [5.74, 6) is -0.0149. The molecule has 1 aromatic carbocycles. The first-order valence-corrected chi connectivity index (χ1v) is 7.58. The number of fused-ring (bicyclic) bond motifs is 1. The SMILES string of the molecule is O=S1(=O)C(CNC2CCC2)=Cc2ccc(O)cc21. The van der Waals surface area contributed by atoms with E-state index < -0.39 is 9.84 Å². The molecule has 1 aliphatic carbocycles. The van der Waals surface area contributed by atoms with Gasteiger partial charge in [0.25, 0.3) is 0 Å². The molecule has 2 aliphatic rings. The van der Waals surface area contributed by atoms with Crippen molar-refractivity contribution in [2.45, 2.75) is 30.2 Å².